The van der Waals surface area contributed by atoms with Crippen LogP contribution in [0.4, 0.5) is 11.4 Å². The van der Waals surface area contributed by atoms with Crippen molar-refractivity contribution < 1.29 is 4.79 Å². The van der Waals surface area contributed by atoms with Gasteiger partial charge in [0.25, 0.3) is 0 Å². The van der Waals surface area contributed by atoms with E-state index < -0.39 is 0 Å². The van der Waals surface area contributed by atoms with Crippen LogP contribution in [0.3, 0.4) is 0 Å². The second-order valence-corrected chi connectivity index (χ2v) is 5.78. The van der Waals surface area contributed by atoms with Gasteiger partial charge in [0.05, 0.1) is 33.0 Å². The molecule has 0 saturated carbocycles. The Morgan fingerprint density at radius 1 is 0.952 bits per heavy atom. The molecule has 21 heavy (non-hydrogen) atoms. The van der Waals surface area contributed by atoms with E-state index in [1.54, 1.807) is 36.4 Å². The van der Waals surface area contributed by atoms with Crippen molar-refractivity contribution in [1.29, 1.82) is 0 Å². The summed E-state index contributed by atoms with van der Waals surface area (Å²) in [5.74, 6) is -0.305. The number of carbonyl (C=O) groups is 1. The van der Waals surface area contributed by atoms with Crippen LogP contribution in [-0.2, 0) is 4.79 Å². The van der Waals surface area contributed by atoms with Gasteiger partial charge < -0.3 is 10.6 Å². The maximum Gasteiger partial charge on any atom is 0.243 e. The molecule has 2 aromatic carbocycles. The lowest BCUT2D eigenvalue weighted by atomic mass is 10.3. The normalized spacial score (nSPS) is 10.3. The largest absolute Gasteiger partial charge is 0.375 e. The van der Waals surface area contributed by atoms with Crippen LogP contribution in [0.15, 0.2) is 36.4 Å². The third-order valence-electron chi connectivity index (χ3n) is 2.59. The van der Waals surface area contributed by atoms with Crippen molar-refractivity contribution in [2.45, 2.75) is 0 Å². The molecule has 0 saturated heterocycles. The van der Waals surface area contributed by atoms with Crippen molar-refractivity contribution in [2.75, 3.05) is 17.2 Å². The Bertz CT molecular complexity index is 656. The van der Waals surface area contributed by atoms with E-state index in [0.717, 1.165) is 0 Å². The predicted molar refractivity (Wildman–Crippen MR) is 90.0 cm³/mol. The van der Waals surface area contributed by atoms with E-state index in [0.29, 0.717) is 31.5 Å². The summed E-state index contributed by atoms with van der Waals surface area (Å²) in [4.78, 5) is 11.9. The third-order valence-corrected chi connectivity index (χ3v) is 3.79. The molecule has 2 rings (SSSR count). The number of para-hydroxylation sites is 1. The monoisotopic (exact) mass is 362 g/mol. The lowest BCUT2D eigenvalue weighted by Crippen LogP contribution is -2.22. The Labute approximate surface area is 142 Å². The fraction of sp³-hybridized carbons (Fsp3) is 0.0714. The van der Waals surface area contributed by atoms with E-state index in [9.17, 15) is 4.79 Å². The zero-order valence-corrected chi connectivity index (χ0v) is 13.6. The van der Waals surface area contributed by atoms with Gasteiger partial charge in [-0.1, -0.05) is 52.5 Å². The molecule has 3 nitrogen and oxygen atoms in total. The van der Waals surface area contributed by atoms with Crippen molar-refractivity contribution in [2.24, 2.45) is 0 Å². The predicted octanol–water partition coefficient (Wildman–Crippen LogP) is 5.35. The SMILES string of the molecule is O=C(CNc1cc(Cl)ccc1Cl)Nc1c(Cl)cccc1Cl. The van der Waals surface area contributed by atoms with Crippen LogP contribution in [0.2, 0.25) is 20.1 Å². The number of hydrogen-bond acceptors (Lipinski definition) is 2. The van der Waals surface area contributed by atoms with Gasteiger partial charge in [0.2, 0.25) is 5.91 Å². The molecule has 0 aliphatic rings. The minimum atomic E-state index is -0.305. The van der Waals surface area contributed by atoms with Gasteiger partial charge in [-0.3, -0.25) is 4.79 Å². The second kappa shape index (κ2) is 7.23. The first-order valence-electron chi connectivity index (χ1n) is 5.90. The van der Waals surface area contributed by atoms with Gasteiger partial charge in [-0.25, -0.2) is 0 Å². The van der Waals surface area contributed by atoms with Crippen molar-refractivity contribution in [1.82, 2.24) is 0 Å². The average Bonchev–Trinajstić information content (AvgIpc) is 2.44. The first kappa shape index (κ1) is 16.2. The van der Waals surface area contributed by atoms with Gasteiger partial charge in [-0.05, 0) is 30.3 Å². The van der Waals surface area contributed by atoms with Crippen molar-refractivity contribution in [3.63, 3.8) is 0 Å². The molecule has 0 unspecified atom stereocenters. The first-order valence-corrected chi connectivity index (χ1v) is 7.41. The maximum atomic E-state index is 11.9. The molecule has 0 bridgehead atoms. The molecule has 0 atom stereocenters. The minimum Gasteiger partial charge on any atom is -0.375 e. The van der Waals surface area contributed by atoms with Crippen LogP contribution in [0.5, 0.6) is 0 Å². The summed E-state index contributed by atoms with van der Waals surface area (Å²) in [6.45, 7) is 0.00160. The van der Waals surface area contributed by atoms with Gasteiger partial charge in [0.15, 0.2) is 0 Å². The Morgan fingerprint density at radius 2 is 1.62 bits per heavy atom. The number of anilines is 2. The molecule has 0 aliphatic heterocycles. The summed E-state index contributed by atoms with van der Waals surface area (Å²) in [6, 6.07) is 9.94. The standard InChI is InChI=1S/C14H10Cl4N2O/c15-8-4-5-9(16)12(6-8)19-7-13(21)20-14-10(17)2-1-3-11(14)18/h1-6,19H,7H2,(H,20,21). The summed E-state index contributed by atoms with van der Waals surface area (Å²) in [5, 5.41) is 7.28. The van der Waals surface area contributed by atoms with Gasteiger partial charge in [-0.2, -0.15) is 0 Å². The van der Waals surface area contributed by atoms with E-state index in [1.165, 1.54) is 0 Å². The Kier molecular flexibility index (Phi) is 5.59. The molecule has 110 valence electrons. The average molecular weight is 364 g/mol. The molecule has 0 aliphatic carbocycles. The molecule has 2 aromatic rings. The van der Waals surface area contributed by atoms with E-state index in [1.807, 2.05) is 0 Å². The molecule has 1 amide bonds. The molecule has 0 heterocycles. The van der Waals surface area contributed by atoms with Gasteiger partial charge in [0, 0.05) is 5.02 Å². The fourth-order valence-corrected chi connectivity index (χ4v) is 2.46. The molecular weight excluding hydrogens is 354 g/mol. The number of rotatable bonds is 4. The maximum absolute atomic E-state index is 11.9. The highest BCUT2D eigenvalue weighted by Gasteiger charge is 2.10. The van der Waals surface area contributed by atoms with Crippen LogP contribution in [0, 0.1) is 0 Å². The molecule has 0 fully saturated rings. The van der Waals surface area contributed by atoms with Crippen molar-refractivity contribution in [3.05, 3.63) is 56.5 Å². The van der Waals surface area contributed by atoms with Gasteiger partial charge in [-0.15, -0.1) is 0 Å². The van der Waals surface area contributed by atoms with E-state index in [4.69, 9.17) is 46.4 Å². The Morgan fingerprint density at radius 3 is 2.29 bits per heavy atom. The topological polar surface area (TPSA) is 41.1 Å². The molecule has 2 N–H and O–H groups in total. The number of carbonyl (C=O) groups excluding carboxylic acids is 1. The summed E-state index contributed by atoms with van der Waals surface area (Å²) < 4.78 is 0. The van der Waals surface area contributed by atoms with Crippen LogP contribution < -0.4 is 10.6 Å². The number of hydrogen-bond donors (Lipinski definition) is 2. The molecule has 7 heteroatoms. The van der Waals surface area contributed by atoms with E-state index in [-0.39, 0.29) is 12.5 Å². The van der Waals surface area contributed by atoms with Gasteiger partial charge in [0.1, 0.15) is 0 Å². The van der Waals surface area contributed by atoms with Crippen LogP contribution >= 0.6 is 46.4 Å². The number of halogens is 4. The molecule has 0 spiro atoms. The van der Waals surface area contributed by atoms with Crippen LogP contribution in [-0.4, -0.2) is 12.5 Å². The van der Waals surface area contributed by atoms with E-state index >= 15 is 0 Å². The molecule has 0 radical (unpaired) electrons. The highest BCUT2D eigenvalue weighted by Crippen LogP contribution is 2.30. The fourth-order valence-electron chi connectivity index (χ4n) is 1.61. The van der Waals surface area contributed by atoms with Crippen LogP contribution in [0.1, 0.15) is 0 Å². The minimum absolute atomic E-state index is 0.00160. The van der Waals surface area contributed by atoms with Crippen molar-refractivity contribution in [3.8, 4) is 0 Å². The lowest BCUT2D eigenvalue weighted by Gasteiger charge is -2.11. The Balaban J connectivity index is 2.01. The number of nitrogens with one attached hydrogen (secondary N) is 2. The zero-order chi connectivity index (χ0) is 15.4. The quantitative estimate of drug-likeness (QED) is 0.768. The van der Waals surface area contributed by atoms with E-state index in [2.05, 4.69) is 10.6 Å². The van der Waals surface area contributed by atoms with Crippen LogP contribution in [0.25, 0.3) is 0 Å². The second-order valence-electron chi connectivity index (χ2n) is 4.12. The third kappa shape index (κ3) is 4.42. The summed E-state index contributed by atoms with van der Waals surface area (Å²) in [6.07, 6.45) is 0. The van der Waals surface area contributed by atoms with Crippen molar-refractivity contribution >= 4 is 63.7 Å². The molecule has 0 aromatic heterocycles. The Hall–Kier alpha value is -1.13. The summed E-state index contributed by atoms with van der Waals surface area (Å²) in [7, 11) is 0. The lowest BCUT2D eigenvalue weighted by molar-refractivity contribution is -0.114. The highest BCUT2D eigenvalue weighted by atomic mass is 35.5. The highest BCUT2D eigenvalue weighted by molar-refractivity contribution is 6.39. The zero-order valence-electron chi connectivity index (χ0n) is 10.6. The number of benzene rings is 2. The molecular formula is C14H10Cl4N2O. The van der Waals surface area contributed by atoms with Gasteiger partial charge >= 0.3 is 0 Å². The number of amides is 1. The summed E-state index contributed by atoms with van der Waals surface area (Å²) in [5.41, 5.74) is 0.953. The smallest absolute Gasteiger partial charge is 0.243 e. The summed E-state index contributed by atoms with van der Waals surface area (Å²) >= 11 is 23.8. The first-order chi connectivity index (χ1) is 9.97.